The van der Waals surface area contributed by atoms with E-state index in [-0.39, 0.29) is 25.3 Å². The largest absolute Gasteiger partial charge is 0.497 e. The number of aliphatic hydroxyl groups excluding tert-OH is 1. The number of hydrogen-bond donors (Lipinski definition) is 5. The molecular formula is C29H35N5O4. The van der Waals surface area contributed by atoms with E-state index < -0.39 is 35.8 Å². The molecule has 1 unspecified atom stereocenters. The number of ketones is 1. The predicted octanol–water partition coefficient (Wildman–Crippen LogP) is 2.00. The van der Waals surface area contributed by atoms with Crippen LogP contribution in [0.4, 0.5) is 0 Å². The fourth-order valence-electron chi connectivity index (χ4n) is 4.32. The van der Waals surface area contributed by atoms with Gasteiger partial charge in [-0.2, -0.15) is 0 Å². The second kappa shape index (κ2) is 13.4. The molecule has 8 N–H and O–H groups in total. The molecule has 9 heteroatoms. The summed E-state index contributed by atoms with van der Waals surface area (Å²) in [6, 6.07) is 24.5. The van der Waals surface area contributed by atoms with Gasteiger partial charge in [0.1, 0.15) is 5.75 Å². The zero-order chi connectivity index (χ0) is 27.5. The van der Waals surface area contributed by atoms with Crippen molar-refractivity contribution in [2.45, 2.75) is 30.3 Å². The minimum atomic E-state index is -1.94. The fourth-order valence-corrected chi connectivity index (χ4v) is 4.32. The number of aliphatic imine (C=N–C) groups is 1. The quantitative estimate of drug-likeness (QED) is 0.100. The number of Topliss-reactive ketones (excluding diaryl/α,β-unsaturated/α-hetero) is 1. The Labute approximate surface area is 222 Å². The van der Waals surface area contributed by atoms with Gasteiger partial charge in [-0.25, -0.2) is 0 Å². The number of guanidine groups is 1. The van der Waals surface area contributed by atoms with Gasteiger partial charge in [0.2, 0.25) is 5.91 Å². The lowest BCUT2D eigenvalue weighted by atomic mass is 9.76. The lowest BCUT2D eigenvalue weighted by molar-refractivity contribution is -0.137. The van der Waals surface area contributed by atoms with Crippen LogP contribution in [-0.4, -0.2) is 48.6 Å². The third-order valence-electron chi connectivity index (χ3n) is 6.40. The Morgan fingerprint density at radius 3 is 1.95 bits per heavy atom. The first-order valence-electron chi connectivity index (χ1n) is 12.3. The molecule has 2 atom stereocenters. The molecule has 0 spiro atoms. The Morgan fingerprint density at radius 1 is 0.921 bits per heavy atom. The van der Waals surface area contributed by atoms with Gasteiger partial charge in [0.05, 0.1) is 25.7 Å². The number of carbonyl (C=O) groups excluding carboxylic acids is 2. The second-order valence-electron chi connectivity index (χ2n) is 8.98. The van der Waals surface area contributed by atoms with E-state index in [9.17, 15) is 14.7 Å². The lowest BCUT2D eigenvalue weighted by Crippen LogP contribution is -2.61. The third-order valence-corrected chi connectivity index (χ3v) is 6.40. The zero-order valence-electron chi connectivity index (χ0n) is 21.4. The first-order valence-corrected chi connectivity index (χ1v) is 12.3. The summed E-state index contributed by atoms with van der Waals surface area (Å²) < 4.78 is 5.19. The van der Waals surface area contributed by atoms with Crippen LogP contribution in [0, 0.1) is 0 Å². The van der Waals surface area contributed by atoms with Crippen LogP contribution in [0.1, 0.15) is 41.5 Å². The average Bonchev–Trinajstić information content (AvgIpc) is 2.95. The molecule has 0 aliphatic heterocycles. The Bertz CT molecular complexity index is 1180. The van der Waals surface area contributed by atoms with Gasteiger partial charge in [0.25, 0.3) is 0 Å². The number of rotatable bonds is 13. The number of hydrogen-bond acceptors (Lipinski definition) is 6. The molecule has 3 rings (SSSR count). The number of carbonyl (C=O) groups is 2. The molecule has 1 amide bonds. The number of amides is 1. The highest BCUT2D eigenvalue weighted by Crippen LogP contribution is 2.31. The van der Waals surface area contributed by atoms with Crippen molar-refractivity contribution in [2.75, 3.05) is 20.3 Å². The summed E-state index contributed by atoms with van der Waals surface area (Å²) in [6.07, 6.45) is 0.279. The van der Waals surface area contributed by atoms with E-state index in [2.05, 4.69) is 10.3 Å². The van der Waals surface area contributed by atoms with Gasteiger partial charge in [-0.1, -0.05) is 72.8 Å². The van der Waals surface area contributed by atoms with Crippen molar-refractivity contribution < 1.29 is 19.4 Å². The van der Waals surface area contributed by atoms with Crippen molar-refractivity contribution in [3.8, 4) is 5.75 Å². The molecule has 3 aromatic carbocycles. The number of methoxy groups -OCH3 is 1. The van der Waals surface area contributed by atoms with Crippen LogP contribution in [0.5, 0.6) is 5.75 Å². The van der Waals surface area contributed by atoms with Gasteiger partial charge in [-0.05, 0) is 41.7 Å². The number of ether oxygens (including phenoxy) is 1. The minimum absolute atomic E-state index is 0.00856. The molecule has 0 bridgehead atoms. The van der Waals surface area contributed by atoms with E-state index in [1.165, 1.54) is 0 Å². The van der Waals surface area contributed by atoms with Crippen LogP contribution in [0.15, 0.2) is 89.9 Å². The van der Waals surface area contributed by atoms with Gasteiger partial charge in [-0.15, -0.1) is 0 Å². The Balaban J connectivity index is 1.98. The standard InChI is InChI=1S/C29H35N5O4/c1-38-23-15-13-20(14-16-23)24(19-35)34-27(37)29(32,17-8-18-33-28(30)31)26(36)25(21-9-4-2-5-10-21)22-11-6-3-7-12-22/h2-7,9-16,24-25,35H,8,17-19,32H2,1H3,(H,34,37)(H4,30,31,33)/t24?,29-/m0/s1. The highest BCUT2D eigenvalue weighted by molar-refractivity contribution is 6.14. The molecule has 0 fully saturated rings. The second-order valence-corrected chi connectivity index (χ2v) is 8.98. The number of benzene rings is 3. The van der Waals surface area contributed by atoms with Crippen molar-refractivity contribution in [2.24, 2.45) is 22.2 Å². The molecule has 200 valence electrons. The van der Waals surface area contributed by atoms with Gasteiger partial charge < -0.3 is 32.4 Å². The monoisotopic (exact) mass is 517 g/mol. The van der Waals surface area contributed by atoms with Crippen LogP contribution >= 0.6 is 0 Å². The maximum Gasteiger partial charge on any atom is 0.248 e. The molecule has 0 aliphatic carbocycles. The normalized spacial score (nSPS) is 13.3. The highest BCUT2D eigenvalue weighted by Gasteiger charge is 2.46. The SMILES string of the molecule is COc1ccc(C(CO)NC(=O)[C@](N)(CCCN=C(N)N)C(=O)C(c2ccccc2)c2ccccc2)cc1. The first kappa shape index (κ1) is 28.4. The smallest absolute Gasteiger partial charge is 0.248 e. The van der Waals surface area contributed by atoms with E-state index in [1.807, 2.05) is 60.7 Å². The fraction of sp³-hybridized carbons (Fsp3) is 0.276. The molecular weight excluding hydrogens is 482 g/mol. The Hall–Kier alpha value is -4.21. The Morgan fingerprint density at radius 2 is 1.47 bits per heavy atom. The summed E-state index contributed by atoms with van der Waals surface area (Å²) in [5.41, 5.74) is 17.7. The van der Waals surface area contributed by atoms with Crippen molar-refractivity contribution in [1.29, 1.82) is 0 Å². The molecule has 0 heterocycles. The van der Waals surface area contributed by atoms with Crippen molar-refractivity contribution >= 4 is 17.6 Å². The van der Waals surface area contributed by atoms with Crippen LogP contribution in [0.25, 0.3) is 0 Å². The number of nitrogens with two attached hydrogens (primary N) is 3. The van der Waals surface area contributed by atoms with E-state index in [4.69, 9.17) is 21.9 Å². The van der Waals surface area contributed by atoms with Gasteiger partial charge in [-0.3, -0.25) is 14.6 Å². The first-order chi connectivity index (χ1) is 18.3. The van der Waals surface area contributed by atoms with E-state index in [0.717, 1.165) is 0 Å². The van der Waals surface area contributed by atoms with E-state index >= 15 is 0 Å². The van der Waals surface area contributed by atoms with Crippen LogP contribution < -0.4 is 27.3 Å². The predicted molar refractivity (Wildman–Crippen MR) is 148 cm³/mol. The third kappa shape index (κ3) is 6.96. The highest BCUT2D eigenvalue weighted by atomic mass is 16.5. The lowest BCUT2D eigenvalue weighted by Gasteiger charge is -2.32. The molecule has 0 saturated heterocycles. The summed E-state index contributed by atoms with van der Waals surface area (Å²) in [6.45, 7) is -0.192. The molecule has 0 saturated carbocycles. The van der Waals surface area contributed by atoms with E-state index in [0.29, 0.717) is 22.4 Å². The Kier molecular flexibility index (Phi) is 9.98. The number of aliphatic hydroxyl groups is 1. The van der Waals surface area contributed by atoms with Crippen molar-refractivity contribution in [1.82, 2.24) is 5.32 Å². The van der Waals surface area contributed by atoms with Gasteiger partial charge >= 0.3 is 0 Å². The molecule has 0 aliphatic rings. The van der Waals surface area contributed by atoms with Crippen LogP contribution in [0.3, 0.4) is 0 Å². The molecule has 9 nitrogen and oxygen atoms in total. The zero-order valence-corrected chi connectivity index (χ0v) is 21.4. The van der Waals surface area contributed by atoms with Crippen LogP contribution in [0.2, 0.25) is 0 Å². The topological polar surface area (TPSA) is 166 Å². The summed E-state index contributed by atoms with van der Waals surface area (Å²) in [5, 5.41) is 12.9. The number of nitrogens with one attached hydrogen (secondary N) is 1. The maximum absolute atomic E-state index is 14.3. The summed E-state index contributed by atoms with van der Waals surface area (Å²) in [5.74, 6) is -1.41. The van der Waals surface area contributed by atoms with Crippen molar-refractivity contribution in [3.63, 3.8) is 0 Å². The van der Waals surface area contributed by atoms with Gasteiger partial charge in [0, 0.05) is 6.54 Å². The molecule has 3 aromatic rings. The molecule has 0 radical (unpaired) electrons. The minimum Gasteiger partial charge on any atom is -0.497 e. The summed E-state index contributed by atoms with van der Waals surface area (Å²) in [4.78, 5) is 32.0. The molecule has 38 heavy (non-hydrogen) atoms. The number of nitrogens with zero attached hydrogens (tertiary/aromatic N) is 1. The summed E-state index contributed by atoms with van der Waals surface area (Å²) >= 11 is 0. The van der Waals surface area contributed by atoms with Crippen molar-refractivity contribution in [3.05, 3.63) is 102 Å². The maximum atomic E-state index is 14.3. The summed E-state index contributed by atoms with van der Waals surface area (Å²) in [7, 11) is 1.55. The van der Waals surface area contributed by atoms with Gasteiger partial charge in [0.15, 0.2) is 17.3 Å². The molecule has 0 aromatic heterocycles. The van der Waals surface area contributed by atoms with Crippen LogP contribution in [-0.2, 0) is 9.59 Å². The average molecular weight is 518 g/mol. The van der Waals surface area contributed by atoms with E-state index in [1.54, 1.807) is 31.4 Å².